The highest BCUT2D eigenvalue weighted by atomic mass is 35.5. The second-order valence-corrected chi connectivity index (χ2v) is 6.26. The molecule has 2 N–H and O–H groups in total. The zero-order valence-corrected chi connectivity index (χ0v) is 14.6. The van der Waals surface area contributed by atoms with Crippen LogP contribution < -0.4 is 10.1 Å². The van der Waals surface area contributed by atoms with Gasteiger partial charge in [-0.1, -0.05) is 35.5 Å². The SMILES string of the molecule is CC(CNC(=O)O)Oc1cc(Cl)nc(SCc2cccc(F)c2F)n1. The fourth-order valence-corrected chi connectivity index (χ4v) is 2.83. The number of carboxylic acid groups (broad SMARTS) is 1. The molecule has 0 fully saturated rings. The summed E-state index contributed by atoms with van der Waals surface area (Å²) in [4.78, 5) is 18.6. The molecule has 1 atom stereocenters. The smallest absolute Gasteiger partial charge is 0.404 e. The molecular weight excluding hydrogens is 376 g/mol. The summed E-state index contributed by atoms with van der Waals surface area (Å²) in [6.07, 6.45) is -1.65. The summed E-state index contributed by atoms with van der Waals surface area (Å²) >= 11 is 6.98. The largest absolute Gasteiger partial charge is 0.473 e. The number of halogens is 3. The summed E-state index contributed by atoms with van der Waals surface area (Å²) in [6.45, 7) is 1.72. The molecule has 0 radical (unpaired) electrons. The highest BCUT2D eigenvalue weighted by molar-refractivity contribution is 7.98. The number of rotatable bonds is 7. The summed E-state index contributed by atoms with van der Waals surface area (Å²) in [5.41, 5.74) is 0.176. The van der Waals surface area contributed by atoms with Crippen LogP contribution in [0, 0.1) is 11.6 Å². The number of nitrogens with one attached hydrogen (secondary N) is 1. The molecule has 134 valence electrons. The van der Waals surface area contributed by atoms with E-state index in [1.165, 1.54) is 18.2 Å². The molecule has 0 spiro atoms. The lowest BCUT2D eigenvalue weighted by Gasteiger charge is -2.14. The number of benzene rings is 1. The van der Waals surface area contributed by atoms with Gasteiger partial charge in [0, 0.05) is 17.4 Å². The number of nitrogens with zero attached hydrogens (tertiary/aromatic N) is 2. The summed E-state index contributed by atoms with van der Waals surface area (Å²) in [5.74, 6) is -1.57. The fraction of sp³-hybridized carbons (Fsp3) is 0.267. The molecule has 0 saturated carbocycles. The van der Waals surface area contributed by atoms with Gasteiger partial charge in [-0.15, -0.1) is 0 Å². The second-order valence-electron chi connectivity index (χ2n) is 4.93. The quantitative estimate of drug-likeness (QED) is 0.426. The highest BCUT2D eigenvalue weighted by Gasteiger charge is 2.12. The molecule has 1 unspecified atom stereocenters. The van der Waals surface area contributed by atoms with E-state index < -0.39 is 23.8 Å². The standard InChI is InChI=1S/C15H14ClF2N3O3S/c1-8(6-19-15(22)23)24-12-5-11(16)20-14(21-12)25-7-9-3-2-4-10(17)13(9)18/h2-5,8,19H,6-7H2,1H3,(H,22,23). The Morgan fingerprint density at radius 3 is 2.92 bits per heavy atom. The van der Waals surface area contributed by atoms with E-state index in [2.05, 4.69) is 15.3 Å². The van der Waals surface area contributed by atoms with Crippen molar-refractivity contribution in [1.82, 2.24) is 15.3 Å². The molecule has 6 nitrogen and oxygen atoms in total. The second kappa shape index (κ2) is 8.82. The van der Waals surface area contributed by atoms with Gasteiger partial charge < -0.3 is 15.2 Å². The Morgan fingerprint density at radius 2 is 2.20 bits per heavy atom. The Kier molecular flexibility index (Phi) is 6.77. The van der Waals surface area contributed by atoms with E-state index in [0.29, 0.717) is 0 Å². The van der Waals surface area contributed by atoms with Gasteiger partial charge in [0.05, 0.1) is 6.54 Å². The van der Waals surface area contributed by atoms with E-state index in [1.807, 2.05) is 0 Å². The fourth-order valence-electron chi connectivity index (χ4n) is 1.78. The first kappa shape index (κ1) is 19.2. The third-order valence-corrected chi connectivity index (χ3v) is 3.99. The lowest BCUT2D eigenvalue weighted by Crippen LogP contribution is -2.32. The molecule has 1 aromatic carbocycles. The van der Waals surface area contributed by atoms with Crippen LogP contribution >= 0.6 is 23.4 Å². The monoisotopic (exact) mass is 389 g/mol. The van der Waals surface area contributed by atoms with E-state index in [9.17, 15) is 13.6 Å². The van der Waals surface area contributed by atoms with Crippen LogP contribution in [0.3, 0.4) is 0 Å². The number of amides is 1. The molecule has 1 heterocycles. The summed E-state index contributed by atoms with van der Waals surface area (Å²) in [7, 11) is 0. The number of aromatic nitrogens is 2. The van der Waals surface area contributed by atoms with Gasteiger partial charge in [-0.3, -0.25) is 0 Å². The van der Waals surface area contributed by atoms with Crippen molar-refractivity contribution in [3.63, 3.8) is 0 Å². The third kappa shape index (κ3) is 6.02. The number of ether oxygens (including phenoxy) is 1. The van der Waals surface area contributed by atoms with Gasteiger partial charge in [-0.25, -0.2) is 18.6 Å². The zero-order valence-electron chi connectivity index (χ0n) is 13.0. The van der Waals surface area contributed by atoms with Gasteiger partial charge in [0.15, 0.2) is 16.8 Å². The minimum absolute atomic E-state index is 0.0634. The Labute approximate surface area is 151 Å². The Hall–Kier alpha value is -2.13. The van der Waals surface area contributed by atoms with Crippen LogP contribution in [0.4, 0.5) is 13.6 Å². The lowest BCUT2D eigenvalue weighted by molar-refractivity contribution is 0.175. The van der Waals surface area contributed by atoms with Crippen LogP contribution in [0.2, 0.25) is 5.15 Å². The number of thioether (sulfide) groups is 1. The van der Waals surface area contributed by atoms with E-state index >= 15 is 0 Å². The maximum absolute atomic E-state index is 13.7. The van der Waals surface area contributed by atoms with Gasteiger partial charge in [0.1, 0.15) is 11.3 Å². The first-order valence-corrected chi connectivity index (χ1v) is 8.45. The topological polar surface area (TPSA) is 84.3 Å². The van der Waals surface area contributed by atoms with Crippen molar-refractivity contribution in [3.8, 4) is 5.88 Å². The van der Waals surface area contributed by atoms with Crippen molar-refractivity contribution in [2.75, 3.05) is 6.54 Å². The van der Waals surface area contributed by atoms with Crippen molar-refractivity contribution in [3.05, 3.63) is 46.6 Å². The first-order chi connectivity index (χ1) is 11.8. The lowest BCUT2D eigenvalue weighted by atomic mass is 10.2. The zero-order chi connectivity index (χ0) is 18.4. The van der Waals surface area contributed by atoms with Crippen molar-refractivity contribution in [1.29, 1.82) is 0 Å². The van der Waals surface area contributed by atoms with Crippen molar-refractivity contribution in [2.45, 2.75) is 23.9 Å². The minimum atomic E-state index is -1.16. The van der Waals surface area contributed by atoms with Crippen molar-refractivity contribution < 1.29 is 23.4 Å². The Balaban J connectivity index is 2.03. The maximum Gasteiger partial charge on any atom is 0.404 e. The third-order valence-electron chi connectivity index (χ3n) is 2.90. The Bertz CT molecular complexity index is 767. The molecule has 1 amide bonds. The summed E-state index contributed by atoms with van der Waals surface area (Å²) in [5, 5.41) is 11.1. The van der Waals surface area contributed by atoms with Gasteiger partial charge in [-0.2, -0.15) is 4.98 Å². The van der Waals surface area contributed by atoms with Crippen LogP contribution in [0.5, 0.6) is 5.88 Å². The van der Waals surface area contributed by atoms with Crippen molar-refractivity contribution in [2.24, 2.45) is 0 Å². The van der Waals surface area contributed by atoms with E-state index in [0.717, 1.165) is 17.8 Å². The predicted octanol–water partition coefficient (Wildman–Crippen LogP) is 3.74. The number of hydrogen-bond donors (Lipinski definition) is 2. The van der Waals surface area contributed by atoms with Crippen LogP contribution in [0.1, 0.15) is 12.5 Å². The molecule has 0 aliphatic heterocycles. The van der Waals surface area contributed by atoms with Crippen molar-refractivity contribution >= 4 is 29.5 Å². The van der Waals surface area contributed by atoms with Gasteiger partial charge in [0.25, 0.3) is 0 Å². The average molecular weight is 390 g/mol. The molecule has 0 bridgehead atoms. The molecule has 2 rings (SSSR count). The number of carbonyl (C=O) groups is 1. The van der Waals surface area contributed by atoms with E-state index in [-0.39, 0.29) is 34.1 Å². The maximum atomic E-state index is 13.7. The molecule has 0 aliphatic rings. The van der Waals surface area contributed by atoms with Crippen LogP contribution in [0.25, 0.3) is 0 Å². The summed E-state index contributed by atoms with van der Waals surface area (Å²) in [6, 6.07) is 5.30. The van der Waals surface area contributed by atoms with E-state index in [4.69, 9.17) is 21.4 Å². The molecular formula is C15H14ClF2N3O3S. The van der Waals surface area contributed by atoms with Gasteiger partial charge in [0.2, 0.25) is 5.88 Å². The normalized spacial score (nSPS) is 11.8. The minimum Gasteiger partial charge on any atom is -0.473 e. The molecule has 1 aromatic heterocycles. The molecule has 10 heteroatoms. The highest BCUT2D eigenvalue weighted by Crippen LogP contribution is 2.25. The molecule has 0 aliphatic carbocycles. The molecule has 2 aromatic rings. The number of hydrogen-bond acceptors (Lipinski definition) is 5. The van der Waals surface area contributed by atoms with Crippen LogP contribution in [0.15, 0.2) is 29.4 Å². The predicted molar refractivity (Wildman–Crippen MR) is 89.1 cm³/mol. The Morgan fingerprint density at radius 1 is 1.44 bits per heavy atom. The van der Waals surface area contributed by atoms with E-state index in [1.54, 1.807) is 6.92 Å². The van der Waals surface area contributed by atoms with Gasteiger partial charge in [-0.05, 0) is 13.0 Å². The van der Waals surface area contributed by atoms with Gasteiger partial charge >= 0.3 is 6.09 Å². The van der Waals surface area contributed by atoms with Crippen LogP contribution in [-0.2, 0) is 5.75 Å². The molecule has 25 heavy (non-hydrogen) atoms. The van der Waals surface area contributed by atoms with Crippen LogP contribution in [-0.4, -0.2) is 33.8 Å². The summed E-state index contributed by atoms with van der Waals surface area (Å²) < 4.78 is 32.3. The molecule has 0 saturated heterocycles. The average Bonchev–Trinajstić information content (AvgIpc) is 2.54. The first-order valence-electron chi connectivity index (χ1n) is 7.09.